The summed E-state index contributed by atoms with van der Waals surface area (Å²) in [6.07, 6.45) is 5.59. The van der Waals surface area contributed by atoms with Gasteiger partial charge in [0.1, 0.15) is 5.75 Å². The van der Waals surface area contributed by atoms with Crippen LogP contribution in [0.3, 0.4) is 0 Å². The van der Waals surface area contributed by atoms with E-state index in [1.807, 2.05) is 4.90 Å². The average molecular weight is 274 g/mol. The first-order chi connectivity index (χ1) is 9.66. The summed E-state index contributed by atoms with van der Waals surface area (Å²) >= 11 is 0. The largest absolute Gasteiger partial charge is 0.410 e. The number of carbonyl (C=O) groups excluding carboxylic acids is 2. The first-order valence-corrected chi connectivity index (χ1v) is 6.70. The van der Waals surface area contributed by atoms with Crippen LogP contribution in [0.4, 0.5) is 4.79 Å². The van der Waals surface area contributed by atoms with Gasteiger partial charge in [0, 0.05) is 24.7 Å². The second kappa shape index (κ2) is 6.75. The molecule has 0 atom stereocenters. The van der Waals surface area contributed by atoms with Crippen LogP contribution in [-0.4, -0.2) is 30.0 Å². The van der Waals surface area contributed by atoms with E-state index in [1.54, 1.807) is 30.3 Å². The zero-order valence-corrected chi connectivity index (χ0v) is 11.2. The number of nitrogens with zero attached hydrogens (tertiary/aromatic N) is 1. The van der Waals surface area contributed by atoms with E-state index in [2.05, 4.69) is 0 Å². The lowest BCUT2D eigenvalue weighted by atomic mass is 10.1. The smallest absolute Gasteiger partial charge is 0.409 e. The van der Waals surface area contributed by atoms with Gasteiger partial charge < -0.3 is 15.4 Å². The van der Waals surface area contributed by atoms with Crippen molar-refractivity contribution in [2.75, 3.05) is 13.1 Å². The molecule has 5 nitrogen and oxygen atoms in total. The van der Waals surface area contributed by atoms with Crippen molar-refractivity contribution in [1.29, 1.82) is 0 Å². The first kappa shape index (κ1) is 14.1. The van der Waals surface area contributed by atoms with E-state index in [4.69, 9.17) is 10.5 Å². The molecule has 0 unspecified atom stereocenters. The van der Waals surface area contributed by atoms with Gasteiger partial charge in [-0.25, -0.2) is 4.79 Å². The van der Waals surface area contributed by atoms with Crippen LogP contribution in [0.1, 0.15) is 24.8 Å². The molecular formula is C15H18N2O3. The molecule has 1 aromatic carbocycles. The quantitative estimate of drug-likeness (QED) is 0.858. The molecule has 106 valence electrons. The highest BCUT2D eigenvalue weighted by Crippen LogP contribution is 2.19. The van der Waals surface area contributed by atoms with Crippen LogP contribution >= 0.6 is 0 Å². The molecule has 1 aliphatic heterocycles. The molecule has 5 heteroatoms. The number of primary amides is 1. The van der Waals surface area contributed by atoms with Gasteiger partial charge in [-0.05, 0) is 31.4 Å². The number of hydrogen-bond donors (Lipinski definition) is 1. The van der Waals surface area contributed by atoms with Gasteiger partial charge in [-0.1, -0.05) is 18.2 Å². The van der Waals surface area contributed by atoms with Crippen molar-refractivity contribution in [2.45, 2.75) is 19.3 Å². The molecule has 2 amide bonds. The number of nitrogens with two attached hydrogens (primary N) is 1. The normalized spacial score (nSPS) is 15.3. The summed E-state index contributed by atoms with van der Waals surface area (Å²) in [5.41, 5.74) is 5.66. The number of carbonyl (C=O) groups is 2. The Hall–Kier alpha value is -2.30. The molecule has 0 aliphatic carbocycles. The van der Waals surface area contributed by atoms with Gasteiger partial charge in [0.05, 0.1) is 0 Å². The number of ether oxygens (including phenoxy) is 1. The molecule has 1 saturated heterocycles. The van der Waals surface area contributed by atoms with E-state index in [1.165, 1.54) is 12.5 Å². The predicted octanol–water partition coefficient (Wildman–Crippen LogP) is 2.17. The molecule has 0 spiro atoms. The van der Waals surface area contributed by atoms with Gasteiger partial charge in [0.25, 0.3) is 0 Å². The minimum atomic E-state index is -0.867. The Bertz CT molecular complexity index is 520. The Kier molecular flexibility index (Phi) is 4.76. The van der Waals surface area contributed by atoms with Crippen LogP contribution in [0.5, 0.6) is 5.75 Å². The number of rotatable bonds is 3. The molecule has 0 saturated carbocycles. The third kappa shape index (κ3) is 3.85. The van der Waals surface area contributed by atoms with E-state index in [0.29, 0.717) is 11.3 Å². The van der Waals surface area contributed by atoms with Crippen LogP contribution in [-0.2, 0) is 4.79 Å². The summed E-state index contributed by atoms with van der Waals surface area (Å²) < 4.78 is 4.89. The van der Waals surface area contributed by atoms with Crippen molar-refractivity contribution in [3.63, 3.8) is 0 Å². The molecule has 0 radical (unpaired) electrons. The van der Waals surface area contributed by atoms with Crippen LogP contribution in [0, 0.1) is 0 Å². The topological polar surface area (TPSA) is 72.6 Å². The van der Waals surface area contributed by atoms with E-state index < -0.39 is 6.09 Å². The molecule has 1 aromatic rings. The summed E-state index contributed by atoms with van der Waals surface area (Å²) in [5.74, 6) is 0.335. The summed E-state index contributed by atoms with van der Waals surface area (Å²) in [6, 6.07) is 6.94. The standard InChI is InChI=1S/C15H18N2O3/c16-15(19)20-13-7-3-2-6-12(13)8-9-14(18)17-10-4-1-5-11-17/h2-3,6-9H,1,4-5,10-11H2,(H2,16,19). The van der Waals surface area contributed by atoms with Gasteiger partial charge in [-0.15, -0.1) is 0 Å². The maximum atomic E-state index is 12.0. The number of hydrogen-bond acceptors (Lipinski definition) is 3. The number of amides is 2. The second-order valence-corrected chi connectivity index (χ2v) is 4.68. The summed E-state index contributed by atoms with van der Waals surface area (Å²) in [4.78, 5) is 24.6. The molecule has 1 fully saturated rings. The molecule has 0 aromatic heterocycles. The Morgan fingerprint density at radius 1 is 1.15 bits per heavy atom. The number of benzene rings is 1. The zero-order valence-electron chi connectivity index (χ0n) is 11.2. The lowest BCUT2D eigenvalue weighted by Crippen LogP contribution is -2.34. The number of para-hydroxylation sites is 1. The zero-order chi connectivity index (χ0) is 14.4. The summed E-state index contributed by atoms with van der Waals surface area (Å²) in [5, 5.41) is 0. The molecule has 2 N–H and O–H groups in total. The van der Waals surface area contributed by atoms with Crippen molar-refractivity contribution in [3.05, 3.63) is 35.9 Å². The molecule has 20 heavy (non-hydrogen) atoms. The first-order valence-electron chi connectivity index (χ1n) is 6.70. The third-order valence-electron chi connectivity index (χ3n) is 3.20. The molecule has 2 rings (SSSR count). The Morgan fingerprint density at radius 2 is 1.85 bits per heavy atom. The lowest BCUT2D eigenvalue weighted by molar-refractivity contribution is -0.126. The van der Waals surface area contributed by atoms with Crippen LogP contribution in [0.2, 0.25) is 0 Å². The van der Waals surface area contributed by atoms with Crippen molar-refractivity contribution < 1.29 is 14.3 Å². The highest BCUT2D eigenvalue weighted by molar-refractivity contribution is 5.92. The minimum absolute atomic E-state index is 0.0152. The maximum Gasteiger partial charge on any atom is 0.409 e. The summed E-state index contributed by atoms with van der Waals surface area (Å²) in [7, 11) is 0. The lowest BCUT2D eigenvalue weighted by Gasteiger charge is -2.25. The monoisotopic (exact) mass is 274 g/mol. The van der Waals surface area contributed by atoms with Gasteiger partial charge in [-0.3, -0.25) is 4.79 Å². The third-order valence-corrected chi connectivity index (χ3v) is 3.20. The van der Waals surface area contributed by atoms with Crippen molar-refractivity contribution in [2.24, 2.45) is 5.73 Å². The van der Waals surface area contributed by atoms with Crippen LogP contribution < -0.4 is 10.5 Å². The van der Waals surface area contributed by atoms with Crippen molar-refractivity contribution in [1.82, 2.24) is 4.90 Å². The fraction of sp³-hybridized carbons (Fsp3) is 0.333. The Balaban J connectivity index is 2.06. The number of likely N-dealkylation sites (tertiary alicyclic amines) is 1. The Morgan fingerprint density at radius 3 is 2.55 bits per heavy atom. The van der Waals surface area contributed by atoms with E-state index in [-0.39, 0.29) is 5.91 Å². The van der Waals surface area contributed by atoms with Gasteiger partial charge in [0.2, 0.25) is 5.91 Å². The SMILES string of the molecule is NC(=O)Oc1ccccc1C=CC(=O)N1CCCCC1. The predicted molar refractivity (Wildman–Crippen MR) is 76.1 cm³/mol. The van der Waals surface area contributed by atoms with Gasteiger partial charge in [0.15, 0.2) is 0 Å². The molecule has 0 bridgehead atoms. The fourth-order valence-corrected chi connectivity index (χ4v) is 2.20. The van der Waals surface area contributed by atoms with Crippen molar-refractivity contribution in [3.8, 4) is 5.75 Å². The van der Waals surface area contributed by atoms with Gasteiger partial charge in [-0.2, -0.15) is 0 Å². The average Bonchev–Trinajstić information content (AvgIpc) is 2.46. The highest BCUT2D eigenvalue weighted by Gasteiger charge is 2.13. The summed E-state index contributed by atoms with van der Waals surface area (Å²) in [6.45, 7) is 1.62. The van der Waals surface area contributed by atoms with E-state index in [9.17, 15) is 9.59 Å². The minimum Gasteiger partial charge on any atom is -0.410 e. The highest BCUT2D eigenvalue weighted by atomic mass is 16.5. The van der Waals surface area contributed by atoms with E-state index in [0.717, 1.165) is 25.9 Å². The fourth-order valence-electron chi connectivity index (χ4n) is 2.20. The second-order valence-electron chi connectivity index (χ2n) is 4.68. The number of piperidine rings is 1. The van der Waals surface area contributed by atoms with Crippen molar-refractivity contribution >= 4 is 18.1 Å². The van der Waals surface area contributed by atoms with Crippen LogP contribution in [0.15, 0.2) is 30.3 Å². The van der Waals surface area contributed by atoms with Gasteiger partial charge >= 0.3 is 6.09 Å². The Labute approximate surface area is 118 Å². The maximum absolute atomic E-state index is 12.0. The molecule has 1 aliphatic rings. The molecular weight excluding hydrogens is 256 g/mol. The van der Waals surface area contributed by atoms with E-state index >= 15 is 0 Å². The van der Waals surface area contributed by atoms with Crippen LogP contribution in [0.25, 0.3) is 6.08 Å². The molecule has 1 heterocycles.